The van der Waals surface area contributed by atoms with E-state index in [1.54, 1.807) is 18.8 Å². The lowest BCUT2D eigenvalue weighted by atomic mass is 10.3. The highest BCUT2D eigenvalue weighted by Gasteiger charge is 2.30. The first kappa shape index (κ1) is 12.4. The van der Waals surface area contributed by atoms with Gasteiger partial charge >= 0.3 is 5.97 Å². The van der Waals surface area contributed by atoms with Crippen LogP contribution in [0.5, 0.6) is 0 Å². The van der Waals surface area contributed by atoms with Crippen LogP contribution in [0, 0.1) is 0 Å². The van der Waals surface area contributed by atoms with Gasteiger partial charge in [-0.3, -0.25) is 4.68 Å². The smallest absolute Gasteiger partial charge is 0.342 e. The largest absolute Gasteiger partial charge is 0.477 e. The summed E-state index contributed by atoms with van der Waals surface area (Å²) in [6, 6.07) is 0. The molecule has 1 atom stereocenters. The molecule has 1 aromatic rings. The topological polar surface area (TPSA) is 67.6 Å². The van der Waals surface area contributed by atoms with Crippen molar-refractivity contribution in [1.82, 2.24) is 9.78 Å². The number of rotatable bonds is 3. The van der Waals surface area contributed by atoms with Gasteiger partial charge in [0.25, 0.3) is 0 Å². The van der Waals surface area contributed by atoms with Gasteiger partial charge in [0, 0.05) is 27.2 Å². The molecular weight excluding hydrogens is 290 g/mol. The van der Waals surface area contributed by atoms with Crippen molar-refractivity contribution in [2.45, 2.75) is 12.5 Å². The Morgan fingerprint density at radius 3 is 2.88 bits per heavy atom. The van der Waals surface area contributed by atoms with Crippen LogP contribution in [0.1, 0.15) is 16.8 Å². The van der Waals surface area contributed by atoms with Gasteiger partial charge in [0.15, 0.2) is 0 Å². The number of aromatic nitrogens is 2. The molecule has 1 fully saturated rings. The van der Waals surface area contributed by atoms with Crippen LogP contribution >= 0.6 is 15.9 Å². The SMILES string of the molecule is COC1CCN(c2c(C(=O)O)c(Br)nn2C)C1. The average Bonchev–Trinajstić information content (AvgIpc) is 2.81. The maximum absolute atomic E-state index is 11.2. The number of carbonyl (C=O) groups is 1. The molecule has 0 radical (unpaired) electrons. The second kappa shape index (κ2) is 4.66. The quantitative estimate of drug-likeness (QED) is 0.906. The Kier molecular flexibility index (Phi) is 3.39. The van der Waals surface area contributed by atoms with Crippen molar-refractivity contribution in [3.05, 3.63) is 10.2 Å². The van der Waals surface area contributed by atoms with Crippen molar-refractivity contribution in [2.75, 3.05) is 25.1 Å². The Labute approximate surface area is 107 Å². The van der Waals surface area contributed by atoms with Crippen molar-refractivity contribution in [3.8, 4) is 0 Å². The minimum Gasteiger partial charge on any atom is -0.477 e. The molecule has 1 aliphatic heterocycles. The van der Waals surface area contributed by atoms with Gasteiger partial charge in [0.1, 0.15) is 16.0 Å². The number of anilines is 1. The first-order valence-electron chi connectivity index (χ1n) is 5.28. The molecule has 1 N–H and O–H groups in total. The predicted octanol–water partition coefficient (Wildman–Crippen LogP) is 1.11. The van der Waals surface area contributed by atoms with Gasteiger partial charge in [-0.25, -0.2) is 4.79 Å². The second-order valence-electron chi connectivity index (χ2n) is 4.01. The Hall–Kier alpha value is -1.08. The molecule has 0 bridgehead atoms. The third-order valence-electron chi connectivity index (χ3n) is 2.97. The van der Waals surface area contributed by atoms with Gasteiger partial charge in [0.2, 0.25) is 0 Å². The first-order chi connectivity index (χ1) is 8.04. The van der Waals surface area contributed by atoms with E-state index >= 15 is 0 Å². The highest BCUT2D eigenvalue weighted by Crippen LogP contribution is 2.30. The van der Waals surface area contributed by atoms with Crippen molar-refractivity contribution in [3.63, 3.8) is 0 Å². The Balaban J connectivity index is 2.35. The van der Waals surface area contributed by atoms with E-state index < -0.39 is 5.97 Å². The molecule has 0 aromatic carbocycles. The lowest BCUT2D eigenvalue weighted by molar-refractivity contribution is 0.0696. The summed E-state index contributed by atoms with van der Waals surface area (Å²) in [5.74, 6) is -0.343. The van der Waals surface area contributed by atoms with Gasteiger partial charge in [-0.2, -0.15) is 5.10 Å². The maximum Gasteiger partial charge on any atom is 0.342 e. The zero-order valence-corrected chi connectivity index (χ0v) is 11.3. The molecule has 1 aromatic heterocycles. The van der Waals surface area contributed by atoms with E-state index in [1.807, 2.05) is 4.90 Å². The number of hydrogen-bond donors (Lipinski definition) is 1. The number of methoxy groups -OCH3 is 1. The first-order valence-corrected chi connectivity index (χ1v) is 6.07. The molecule has 7 heteroatoms. The standard InChI is InChI=1S/C10H14BrN3O3/c1-13-9(7(10(15)16)8(11)12-13)14-4-3-6(5-14)17-2/h6H,3-5H2,1-2H3,(H,15,16). The van der Waals surface area contributed by atoms with Gasteiger partial charge in [-0.15, -0.1) is 0 Å². The lowest BCUT2D eigenvalue weighted by Gasteiger charge is -2.19. The van der Waals surface area contributed by atoms with Gasteiger partial charge in [0.05, 0.1) is 6.10 Å². The molecule has 1 aliphatic rings. The van der Waals surface area contributed by atoms with Crippen LogP contribution < -0.4 is 4.90 Å². The number of hydrogen-bond acceptors (Lipinski definition) is 4. The number of halogens is 1. The molecule has 2 heterocycles. The van der Waals surface area contributed by atoms with E-state index in [2.05, 4.69) is 21.0 Å². The van der Waals surface area contributed by atoms with Crippen LogP contribution in [0.4, 0.5) is 5.82 Å². The molecule has 1 unspecified atom stereocenters. The fourth-order valence-corrected chi connectivity index (χ4v) is 2.73. The summed E-state index contributed by atoms with van der Waals surface area (Å²) >= 11 is 3.18. The fraction of sp³-hybridized carbons (Fsp3) is 0.600. The third-order valence-corrected chi connectivity index (χ3v) is 3.52. The maximum atomic E-state index is 11.2. The molecule has 17 heavy (non-hydrogen) atoms. The zero-order valence-electron chi connectivity index (χ0n) is 9.68. The molecule has 0 amide bonds. The highest BCUT2D eigenvalue weighted by atomic mass is 79.9. The molecule has 1 saturated heterocycles. The summed E-state index contributed by atoms with van der Waals surface area (Å²) in [5.41, 5.74) is 0.212. The van der Waals surface area contributed by atoms with E-state index in [4.69, 9.17) is 4.74 Å². The van der Waals surface area contributed by atoms with E-state index in [0.717, 1.165) is 13.0 Å². The lowest BCUT2D eigenvalue weighted by Crippen LogP contribution is -2.26. The molecule has 0 aliphatic carbocycles. The monoisotopic (exact) mass is 303 g/mol. The summed E-state index contributed by atoms with van der Waals surface area (Å²) in [6.45, 7) is 1.48. The molecule has 6 nitrogen and oxygen atoms in total. The zero-order chi connectivity index (χ0) is 12.6. The van der Waals surface area contributed by atoms with Crippen molar-refractivity contribution >= 4 is 27.7 Å². The number of carboxylic acids is 1. The molecule has 2 rings (SSSR count). The highest BCUT2D eigenvalue weighted by molar-refractivity contribution is 9.10. The van der Waals surface area contributed by atoms with Crippen molar-refractivity contribution < 1.29 is 14.6 Å². The predicted molar refractivity (Wildman–Crippen MR) is 65.5 cm³/mol. The minimum atomic E-state index is -0.971. The number of aromatic carboxylic acids is 1. The molecular formula is C10H14BrN3O3. The molecule has 0 saturated carbocycles. The van der Waals surface area contributed by atoms with Crippen LogP contribution in [-0.2, 0) is 11.8 Å². The summed E-state index contributed by atoms with van der Waals surface area (Å²) in [4.78, 5) is 13.2. The van der Waals surface area contributed by atoms with Gasteiger partial charge in [-0.05, 0) is 22.4 Å². The number of aryl methyl sites for hydroxylation is 1. The van der Waals surface area contributed by atoms with Crippen LogP contribution in [0.25, 0.3) is 0 Å². The normalized spacial score (nSPS) is 19.9. The minimum absolute atomic E-state index is 0.158. The average molecular weight is 304 g/mol. The molecule has 0 spiro atoms. The Morgan fingerprint density at radius 1 is 1.65 bits per heavy atom. The number of carboxylic acid groups (broad SMARTS) is 1. The van der Waals surface area contributed by atoms with Crippen molar-refractivity contribution in [2.24, 2.45) is 7.05 Å². The summed E-state index contributed by atoms with van der Waals surface area (Å²) < 4.78 is 7.23. The van der Waals surface area contributed by atoms with E-state index in [-0.39, 0.29) is 11.7 Å². The van der Waals surface area contributed by atoms with E-state index in [0.29, 0.717) is 17.0 Å². The van der Waals surface area contributed by atoms with Gasteiger partial charge < -0.3 is 14.7 Å². The van der Waals surface area contributed by atoms with Crippen LogP contribution in [0.3, 0.4) is 0 Å². The summed E-state index contributed by atoms with van der Waals surface area (Å²) in [6.07, 6.45) is 1.06. The van der Waals surface area contributed by atoms with Crippen molar-refractivity contribution in [1.29, 1.82) is 0 Å². The Bertz CT molecular complexity index is 446. The number of ether oxygens (including phenoxy) is 1. The fourth-order valence-electron chi connectivity index (χ4n) is 2.14. The van der Waals surface area contributed by atoms with Crippen LogP contribution in [0.15, 0.2) is 4.60 Å². The Morgan fingerprint density at radius 2 is 2.35 bits per heavy atom. The second-order valence-corrected chi connectivity index (χ2v) is 4.76. The number of nitrogens with zero attached hydrogens (tertiary/aromatic N) is 3. The van der Waals surface area contributed by atoms with Crippen LogP contribution in [-0.4, -0.2) is 47.2 Å². The molecule has 94 valence electrons. The van der Waals surface area contributed by atoms with Crippen LogP contribution in [0.2, 0.25) is 0 Å². The summed E-state index contributed by atoms with van der Waals surface area (Å²) in [5, 5.41) is 13.3. The van der Waals surface area contributed by atoms with E-state index in [9.17, 15) is 9.90 Å². The third kappa shape index (κ3) is 2.16. The van der Waals surface area contributed by atoms with Gasteiger partial charge in [-0.1, -0.05) is 0 Å². The summed E-state index contributed by atoms with van der Waals surface area (Å²) in [7, 11) is 3.41. The van der Waals surface area contributed by atoms with E-state index in [1.165, 1.54) is 0 Å².